The van der Waals surface area contributed by atoms with E-state index in [9.17, 15) is 19.5 Å². The van der Waals surface area contributed by atoms with E-state index < -0.39 is 11.9 Å². The van der Waals surface area contributed by atoms with Crippen molar-refractivity contribution in [3.63, 3.8) is 0 Å². The summed E-state index contributed by atoms with van der Waals surface area (Å²) in [6.45, 7) is 0.667. The zero-order valence-electron chi connectivity index (χ0n) is 14.2. The normalized spacial score (nSPS) is 23.5. The second-order valence-electron chi connectivity index (χ2n) is 6.86. The number of aliphatic carboxylic acids is 1. The van der Waals surface area contributed by atoms with E-state index in [1.165, 1.54) is 0 Å². The number of carbonyl (C=O) groups excluding carboxylic acids is 2. The first-order valence-electron chi connectivity index (χ1n) is 8.95. The predicted octanol–water partition coefficient (Wildman–Crippen LogP) is 2.21. The highest BCUT2D eigenvalue weighted by Crippen LogP contribution is 2.40. The number of likely N-dealkylation sites (tertiary alicyclic amines) is 1. The van der Waals surface area contributed by atoms with E-state index in [1.807, 2.05) is 24.3 Å². The van der Waals surface area contributed by atoms with E-state index >= 15 is 0 Å². The average Bonchev–Trinajstić information content (AvgIpc) is 2.94. The van der Waals surface area contributed by atoms with Gasteiger partial charge in [-0.2, -0.15) is 0 Å². The summed E-state index contributed by atoms with van der Waals surface area (Å²) >= 11 is 0. The molecule has 1 fully saturated rings. The van der Waals surface area contributed by atoms with Crippen molar-refractivity contribution in [3.8, 4) is 0 Å². The molecular formula is C19H24N2O4. The van der Waals surface area contributed by atoms with Gasteiger partial charge in [0, 0.05) is 13.0 Å². The van der Waals surface area contributed by atoms with Gasteiger partial charge in [0.05, 0.1) is 18.5 Å². The molecule has 0 spiro atoms. The first-order chi connectivity index (χ1) is 12.1. The van der Waals surface area contributed by atoms with Gasteiger partial charge in [0.25, 0.3) is 0 Å². The fraction of sp³-hybridized carbons (Fsp3) is 0.526. The molecule has 25 heavy (non-hydrogen) atoms. The Morgan fingerprint density at radius 2 is 1.84 bits per heavy atom. The summed E-state index contributed by atoms with van der Waals surface area (Å²) in [7, 11) is 0. The Labute approximate surface area is 147 Å². The van der Waals surface area contributed by atoms with Crippen molar-refractivity contribution in [1.82, 2.24) is 10.2 Å². The number of hydrogen-bond donors (Lipinski definition) is 2. The molecular weight excluding hydrogens is 320 g/mol. The van der Waals surface area contributed by atoms with Crippen LogP contribution in [0.2, 0.25) is 0 Å². The Bertz CT molecular complexity index is 673. The van der Waals surface area contributed by atoms with E-state index in [4.69, 9.17) is 0 Å². The number of rotatable bonds is 4. The highest BCUT2D eigenvalue weighted by molar-refractivity contribution is 5.85. The van der Waals surface area contributed by atoms with Gasteiger partial charge in [-0.1, -0.05) is 37.1 Å². The van der Waals surface area contributed by atoms with Crippen LogP contribution in [0.15, 0.2) is 24.3 Å². The number of nitrogens with zero attached hydrogens (tertiary/aromatic N) is 1. The van der Waals surface area contributed by atoms with Crippen molar-refractivity contribution in [2.24, 2.45) is 0 Å². The van der Waals surface area contributed by atoms with Crippen molar-refractivity contribution in [2.45, 2.75) is 50.5 Å². The van der Waals surface area contributed by atoms with Gasteiger partial charge < -0.3 is 15.3 Å². The van der Waals surface area contributed by atoms with Gasteiger partial charge >= 0.3 is 5.97 Å². The van der Waals surface area contributed by atoms with Crippen LogP contribution < -0.4 is 5.32 Å². The molecule has 1 heterocycles. The largest absolute Gasteiger partial charge is 0.481 e. The summed E-state index contributed by atoms with van der Waals surface area (Å²) in [4.78, 5) is 37.7. The van der Waals surface area contributed by atoms with Crippen LogP contribution in [0.4, 0.5) is 0 Å². The number of benzene rings is 1. The molecule has 3 rings (SSSR count). The highest BCUT2D eigenvalue weighted by atomic mass is 16.4. The number of fused-ring (bicyclic) bond motifs is 1. The zero-order chi connectivity index (χ0) is 17.8. The molecule has 0 bridgehead atoms. The van der Waals surface area contributed by atoms with Crippen LogP contribution in [0, 0.1) is 0 Å². The predicted molar refractivity (Wildman–Crippen MR) is 92.0 cm³/mol. The highest BCUT2D eigenvalue weighted by Gasteiger charge is 2.36. The average molecular weight is 344 g/mol. The summed E-state index contributed by atoms with van der Waals surface area (Å²) in [5, 5.41) is 12.3. The maximum atomic E-state index is 12.4. The van der Waals surface area contributed by atoms with Crippen LogP contribution in [0.1, 0.15) is 61.6 Å². The zero-order valence-corrected chi connectivity index (χ0v) is 14.2. The number of amides is 2. The smallest absolute Gasteiger partial charge is 0.311 e. The minimum atomic E-state index is -0.872. The third-order valence-electron chi connectivity index (χ3n) is 5.11. The maximum Gasteiger partial charge on any atom is 0.311 e. The quantitative estimate of drug-likeness (QED) is 0.877. The molecule has 6 heteroatoms. The van der Waals surface area contributed by atoms with Gasteiger partial charge in [-0.3, -0.25) is 14.4 Å². The second kappa shape index (κ2) is 7.68. The Kier molecular flexibility index (Phi) is 5.36. The molecule has 2 aliphatic rings. The van der Waals surface area contributed by atoms with Crippen molar-refractivity contribution in [2.75, 3.05) is 13.1 Å². The molecule has 1 aliphatic carbocycles. The van der Waals surface area contributed by atoms with Gasteiger partial charge in [-0.05, 0) is 30.4 Å². The number of carboxylic acid groups (broad SMARTS) is 1. The van der Waals surface area contributed by atoms with E-state index in [-0.39, 0.29) is 24.4 Å². The van der Waals surface area contributed by atoms with Gasteiger partial charge in [-0.15, -0.1) is 0 Å². The van der Waals surface area contributed by atoms with Crippen molar-refractivity contribution in [1.29, 1.82) is 0 Å². The third kappa shape index (κ3) is 4.00. The van der Waals surface area contributed by atoms with Crippen molar-refractivity contribution in [3.05, 3.63) is 35.4 Å². The van der Waals surface area contributed by atoms with E-state index in [2.05, 4.69) is 5.32 Å². The maximum absolute atomic E-state index is 12.4. The Balaban J connectivity index is 1.65. The molecule has 0 aromatic heterocycles. The standard InChI is InChI=1S/C19H24N2O4/c22-17(12-21-10-6-2-1-3-9-18(21)23)20-16-11-15(19(24)25)13-7-4-5-8-14(13)16/h4-5,7-8,15-16H,1-3,6,9-12H2,(H,20,22)(H,24,25). The van der Waals surface area contributed by atoms with Crippen molar-refractivity contribution >= 4 is 17.8 Å². The lowest BCUT2D eigenvalue weighted by Gasteiger charge is -2.25. The number of hydrogen-bond acceptors (Lipinski definition) is 3. The molecule has 6 nitrogen and oxygen atoms in total. The fourth-order valence-corrected chi connectivity index (χ4v) is 3.80. The molecule has 1 aromatic rings. The lowest BCUT2D eigenvalue weighted by Crippen LogP contribution is -2.42. The molecule has 2 unspecified atom stereocenters. The minimum absolute atomic E-state index is 0.0325. The molecule has 0 radical (unpaired) electrons. The lowest BCUT2D eigenvalue weighted by atomic mass is 10.0. The molecule has 1 saturated heterocycles. The molecule has 2 N–H and O–H groups in total. The van der Waals surface area contributed by atoms with Crippen LogP contribution in [0.5, 0.6) is 0 Å². The number of carbonyl (C=O) groups is 3. The molecule has 2 amide bonds. The van der Waals surface area contributed by atoms with Gasteiger partial charge in [0.15, 0.2) is 0 Å². The van der Waals surface area contributed by atoms with Crippen LogP contribution in [0.3, 0.4) is 0 Å². The van der Waals surface area contributed by atoms with Gasteiger partial charge in [-0.25, -0.2) is 0 Å². The first-order valence-corrected chi connectivity index (χ1v) is 8.95. The molecule has 134 valence electrons. The molecule has 1 aromatic carbocycles. The lowest BCUT2D eigenvalue weighted by molar-refractivity contribution is -0.139. The van der Waals surface area contributed by atoms with Crippen LogP contribution >= 0.6 is 0 Å². The van der Waals surface area contributed by atoms with Crippen LogP contribution in [-0.4, -0.2) is 40.9 Å². The second-order valence-corrected chi connectivity index (χ2v) is 6.86. The summed E-state index contributed by atoms with van der Waals surface area (Å²) in [6.07, 6.45) is 4.82. The molecule has 2 atom stereocenters. The monoisotopic (exact) mass is 344 g/mol. The molecule has 0 saturated carbocycles. The van der Waals surface area contributed by atoms with E-state index in [1.54, 1.807) is 4.90 Å². The van der Waals surface area contributed by atoms with E-state index in [0.29, 0.717) is 19.4 Å². The summed E-state index contributed by atoms with van der Waals surface area (Å²) in [5.41, 5.74) is 1.63. The van der Waals surface area contributed by atoms with E-state index in [0.717, 1.165) is 36.8 Å². The van der Waals surface area contributed by atoms with Crippen molar-refractivity contribution < 1.29 is 19.5 Å². The summed E-state index contributed by atoms with van der Waals surface area (Å²) in [6, 6.07) is 7.03. The van der Waals surface area contributed by atoms with Gasteiger partial charge in [0.2, 0.25) is 11.8 Å². The van der Waals surface area contributed by atoms with Crippen LogP contribution in [-0.2, 0) is 14.4 Å². The third-order valence-corrected chi connectivity index (χ3v) is 5.11. The van der Waals surface area contributed by atoms with Crippen LogP contribution in [0.25, 0.3) is 0 Å². The summed E-state index contributed by atoms with van der Waals surface area (Å²) in [5.74, 6) is -1.65. The summed E-state index contributed by atoms with van der Waals surface area (Å²) < 4.78 is 0. The van der Waals surface area contributed by atoms with Gasteiger partial charge in [0.1, 0.15) is 0 Å². The Morgan fingerprint density at radius 3 is 2.60 bits per heavy atom. The fourth-order valence-electron chi connectivity index (χ4n) is 3.80. The minimum Gasteiger partial charge on any atom is -0.481 e. The first kappa shape index (κ1) is 17.5. The molecule has 1 aliphatic heterocycles. The Hall–Kier alpha value is -2.37. The topological polar surface area (TPSA) is 86.7 Å². The number of nitrogens with one attached hydrogen (secondary N) is 1. The Morgan fingerprint density at radius 1 is 1.12 bits per heavy atom. The SMILES string of the molecule is O=C(CN1CCCCCCC1=O)NC1CC(C(=O)O)c2ccccc21. The number of carboxylic acids is 1.